The molecule has 0 aliphatic rings. The second-order valence-electron chi connectivity index (χ2n) is 9.06. The van der Waals surface area contributed by atoms with Gasteiger partial charge in [0, 0.05) is 24.5 Å². The summed E-state index contributed by atoms with van der Waals surface area (Å²) >= 11 is 0. The molecule has 0 spiro atoms. The van der Waals surface area contributed by atoms with Crippen LogP contribution < -0.4 is 33.3 Å². The van der Waals surface area contributed by atoms with E-state index in [-0.39, 0.29) is 41.5 Å². The second kappa shape index (κ2) is 13.3. The van der Waals surface area contributed by atoms with E-state index < -0.39 is 0 Å². The van der Waals surface area contributed by atoms with Gasteiger partial charge in [-0.1, -0.05) is 66.7 Å². The van der Waals surface area contributed by atoms with E-state index >= 15 is 0 Å². The number of hydrogen-bond acceptors (Lipinski definition) is 1. The van der Waals surface area contributed by atoms with Gasteiger partial charge in [-0.3, -0.25) is 0 Å². The first-order valence-electron chi connectivity index (χ1n) is 12.5. The van der Waals surface area contributed by atoms with Crippen molar-refractivity contribution in [3.8, 4) is 22.6 Å². The second-order valence-corrected chi connectivity index (χ2v) is 9.06. The number of pyridine rings is 1. The van der Waals surface area contributed by atoms with Crippen molar-refractivity contribution in [2.75, 3.05) is 0 Å². The van der Waals surface area contributed by atoms with Crippen LogP contribution in [0.15, 0.2) is 128 Å². The van der Waals surface area contributed by atoms with Crippen molar-refractivity contribution in [2.24, 2.45) is 0 Å². The van der Waals surface area contributed by atoms with Crippen molar-refractivity contribution in [3.05, 3.63) is 150 Å². The number of aromatic nitrogens is 1. The van der Waals surface area contributed by atoms with E-state index in [0.29, 0.717) is 0 Å². The summed E-state index contributed by atoms with van der Waals surface area (Å²) in [5, 5.41) is 0. The summed E-state index contributed by atoms with van der Waals surface area (Å²) in [6, 6.07) is 35.4. The summed E-state index contributed by atoms with van der Waals surface area (Å²) in [5.74, 6) is 1.12. The standard InChI is InChI=1S/C33H28F2NO.HI/c34-29-14-8-27(9-15-29)33(28-10-16-30(35)17-11-28)7-4-22-36-23-20-32(21-24-36)37-31-18-12-26(13-19-31)25-5-2-1-3-6-25;/h1-3,5-6,8-21,23-24,33H,4,7,22H2;1H/q+1;/p-1. The number of halogens is 3. The number of hydrogen-bond donors (Lipinski definition) is 0. The van der Waals surface area contributed by atoms with Crippen LogP contribution in [0.2, 0.25) is 0 Å². The fourth-order valence-corrected chi connectivity index (χ4v) is 4.54. The van der Waals surface area contributed by atoms with Crippen LogP contribution in [0.25, 0.3) is 11.1 Å². The van der Waals surface area contributed by atoms with Crippen molar-refractivity contribution in [1.29, 1.82) is 0 Å². The van der Waals surface area contributed by atoms with Gasteiger partial charge in [0.15, 0.2) is 12.4 Å². The number of rotatable bonds is 9. The molecule has 1 aromatic heterocycles. The Kier molecular flexibility index (Phi) is 9.60. The molecule has 0 saturated heterocycles. The van der Waals surface area contributed by atoms with Gasteiger partial charge in [-0.25, -0.2) is 13.3 Å². The maximum atomic E-state index is 13.5. The summed E-state index contributed by atoms with van der Waals surface area (Å²) < 4.78 is 35.1. The van der Waals surface area contributed by atoms with Gasteiger partial charge >= 0.3 is 0 Å². The van der Waals surface area contributed by atoms with Crippen LogP contribution in [-0.4, -0.2) is 0 Å². The summed E-state index contributed by atoms with van der Waals surface area (Å²) in [5.41, 5.74) is 4.38. The maximum absolute atomic E-state index is 13.5. The van der Waals surface area contributed by atoms with Crippen LogP contribution in [-0.2, 0) is 6.54 Å². The van der Waals surface area contributed by atoms with Crippen LogP contribution in [0.4, 0.5) is 8.78 Å². The molecule has 0 aliphatic heterocycles. The molecular formula is C33H28F2INO. The molecular weight excluding hydrogens is 591 g/mol. The van der Waals surface area contributed by atoms with Crippen LogP contribution >= 0.6 is 0 Å². The van der Waals surface area contributed by atoms with Crippen molar-refractivity contribution in [1.82, 2.24) is 0 Å². The van der Waals surface area contributed by atoms with Gasteiger partial charge in [-0.05, 0) is 65.1 Å². The van der Waals surface area contributed by atoms with Crippen LogP contribution in [0.1, 0.15) is 29.9 Å². The molecule has 0 radical (unpaired) electrons. The molecule has 1 heterocycles. The molecule has 5 rings (SSSR count). The quantitative estimate of drug-likeness (QED) is 0.161. The lowest BCUT2D eigenvalue weighted by Gasteiger charge is -2.17. The Balaban J connectivity index is 0.00000336. The van der Waals surface area contributed by atoms with E-state index in [1.807, 2.05) is 79.1 Å². The van der Waals surface area contributed by atoms with E-state index in [1.54, 1.807) is 0 Å². The Morgan fingerprint density at radius 1 is 0.579 bits per heavy atom. The van der Waals surface area contributed by atoms with Crippen LogP contribution in [0.3, 0.4) is 0 Å². The first-order valence-corrected chi connectivity index (χ1v) is 12.5. The molecule has 5 heteroatoms. The summed E-state index contributed by atoms with van der Waals surface area (Å²) in [4.78, 5) is 0. The zero-order valence-corrected chi connectivity index (χ0v) is 23.0. The molecule has 0 unspecified atom stereocenters. The minimum Gasteiger partial charge on any atom is -1.00 e. The number of nitrogens with zero attached hydrogens (tertiary/aromatic N) is 1. The lowest BCUT2D eigenvalue weighted by molar-refractivity contribution is -0.697. The maximum Gasteiger partial charge on any atom is 0.172 e. The molecule has 2 nitrogen and oxygen atoms in total. The third kappa shape index (κ3) is 7.25. The fourth-order valence-electron chi connectivity index (χ4n) is 4.54. The molecule has 0 N–H and O–H groups in total. The number of ether oxygens (including phenoxy) is 1. The predicted octanol–water partition coefficient (Wildman–Crippen LogP) is 5.33. The third-order valence-corrected chi connectivity index (χ3v) is 6.51. The minimum absolute atomic E-state index is 0. The van der Waals surface area contributed by atoms with Gasteiger partial charge in [0.1, 0.15) is 29.7 Å². The van der Waals surface area contributed by atoms with E-state index in [1.165, 1.54) is 29.8 Å². The first-order chi connectivity index (χ1) is 18.1. The topological polar surface area (TPSA) is 13.1 Å². The molecule has 192 valence electrons. The lowest BCUT2D eigenvalue weighted by atomic mass is 9.87. The van der Waals surface area contributed by atoms with Gasteiger partial charge in [0.2, 0.25) is 0 Å². The molecule has 4 aromatic carbocycles. The summed E-state index contributed by atoms with van der Waals surface area (Å²) in [6.45, 7) is 0.824. The molecule has 0 atom stereocenters. The van der Waals surface area contributed by atoms with Crippen molar-refractivity contribution in [2.45, 2.75) is 25.3 Å². The highest BCUT2D eigenvalue weighted by atomic mass is 127. The normalized spacial score (nSPS) is 10.7. The number of benzene rings is 4. The molecule has 0 saturated carbocycles. The smallest absolute Gasteiger partial charge is 0.172 e. The Morgan fingerprint density at radius 3 is 1.63 bits per heavy atom. The summed E-state index contributed by atoms with van der Waals surface area (Å²) in [6.07, 6.45) is 5.79. The highest BCUT2D eigenvalue weighted by molar-refractivity contribution is 5.64. The summed E-state index contributed by atoms with van der Waals surface area (Å²) in [7, 11) is 0. The zero-order chi connectivity index (χ0) is 25.5. The van der Waals surface area contributed by atoms with Crippen molar-refractivity contribution >= 4 is 0 Å². The minimum atomic E-state index is -0.258. The Hall–Kier alpha value is -3.58. The van der Waals surface area contributed by atoms with Gasteiger partial charge < -0.3 is 28.7 Å². The monoisotopic (exact) mass is 619 g/mol. The van der Waals surface area contributed by atoms with Crippen LogP contribution in [0.5, 0.6) is 11.5 Å². The molecule has 0 bridgehead atoms. The van der Waals surface area contributed by atoms with Gasteiger partial charge in [-0.2, -0.15) is 0 Å². The van der Waals surface area contributed by atoms with E-state index in [9.17, 15) is 8.78 Å². The van der Waals surface area contributed by atoms with Gasteiger partial charge in [0.05, 0.1) is 0 Å². The first kappa shape index (κ1) is 27.5. The van der Waals surface area contributed by atoms with E-state index in [2.05, 4.69) is 28.8 Å². The van der Waals surface area contributed by atoms with E-state index in [0.717, 1.165) is 47.6 Å². The Morgan fingerprint density at radius 2 is 1.08 bits per heavy atom. The number of aryl methyl sites for hydroxylation is 1. The highest BCUT2D eigenvalue weighted by Gasteiger charge is 2.16. The predicted molar refractivity (Wildman–Crippen MR) is 142 cm³/mol. The largest absolute Gasteiger partial charge is 1.00 e. The zero-order valence-electron chi connectivity index (χ0n) is 20.8. The molecule has 0 amide bonds. The van der Waals surface area contributed by atoms with Crippen molar-refractivity contribution in [3.63, 3.8) is 0 Å². The molecule has 38 heavy (non-hydrogen) atoms. The Bertz CT molecular complexity index is 1360. The molecule has 0 fully saturated rings. The fraction of sp³-hybridized carbons (Fsp3) is 0.121. The van der Waals surface area contributed by atoms with E-state index in [4.69, 9.17) is 4.74 Å². The van der Waals surface area contributed by atoms with Gasteiger partial charge in [0.25, 0.3) is 0 Å². The molecule has 0 aliphatic carbocycles. The SMILES string of the molecule is Fc1ccc(C(CCC[n+]2ccc(Oc3ccc(-c4ccccc4)cc3)cc2)c2ccc(F)cc2)cc1.[I-]. The lowest BCUT2D eigenvalue weighted by Crippen LogP contribution is -3.00. The average molecular weight is 619 g/mol. The third-order valence-electron chi connectivity index (χ3n) is 6.51. The van der Waals surface area contributed by atoms with Gasteiger partial charge in [-0.15, -0.1) is 0 Å². The van der Waals surface area contributed by atoms with Crippen LogP contribution in [0, 0.1) is 11.6 Å². The average Bonchev–Trinajstić information content (AvgIpc) is 2.94. The Labute approximate surface area is 239 Å². The molecule has 5 aromatic rings. The highest BCUT2D eigenvalue weighted by Crippen LogP contribution is 2.30. The van der Waals surface area contributed by atoms with Crippen molar-refractivity contribution < 1.29 is 42.1 Å².